The Bertz CT molecular complexity index is 378. The molecular weight excluding hydrogens is 273 g/mol. The van der Waals surface area contributed by atoms with Crippen LogP contribution in [0.3, 0.4) is 0 Å². The Hall–Kier alpha value is -0.610. The first kappa shape index (κ1) is 11.9. The van der Waals surface area contributed by atoms with Gasteiger partial charge in [0.25, 0.3) is 0 Å². The number of ether oxygens (including phenoxy) is 1. The maximum Gasteiger partial charge on any atom is 0.137 e. The molecule has 1 saturated heterocycles. The maximum absolute atomic E-state index is 13.5. The van der Waals surface area contributed by atoms with Gasteiger partial charge in [0.15, 0.2) is 0 Å². The first-order valence-electron chi connectivity index (χ1n) is 5.46. The van der Waals surface area contributed by atoms with Crippen LogP contribution < -0.4 is 10.1 Å². The lowest BCUT2D eigenvalue weighted by Crippen LogP contribution is -2.26. The van der Waals surface area contributed by atoms with Crippen molar-refractivity contribution in [2.75, 3.05) is 20.2 Å². The molecule has 0 unspecified atom stereocenters. The summed E-state index contributed by atoms with van der Waals surface area (Å²) >= 11 is 3.18. The van der Waals surface area contributed by atoms with Crippen LogP contribution in [0.5, 0.6) is 5.75 Å². The molecule has 0 aliphatic carbocycles. The van der Waals surface area contributed by atoms with E-state index in [-0.39, 0.29) is 5.82 Å². The van der Waals surface area contributed by atoms with E-state index in [0.717, 1.165) is 37.2 Å². The summed E-state index contributed by atoms with van der Waals surface area (Å²) in [5.74, 6) is 0.966. The summed E-state index contributed by atoms with van der Waals surface area (Å²) in [6.07, 6.45) is 2.08. The zero-order valence-electron chi connectivity index (χ0n) is 9.22. The molecule has 2 rings (SSSR count). The van der Waals surface area contributed by atoms with E-state index in [1.54, 1.807) is 19.2 Å². The molecule has 1 fully saturated rings. The van der Waals surface area contributed by atoms with E-state index in [9.17, 15) is 4.39 Å². The molecule has 0 radical (unpaired) electrons. The van der Waals surface area contributed by atoms with Crippen LogP contribution in [-0.2, 0) is 0 Å². The highest BCUT2D eigenvalue weighted by molar-refractivity contribution is 9.10. The van der Waals surface area contributed by atoms with Crippen molar-refractivity contribution in [2.45, 2.75) is 18.8 Å². The third-order valence-corrected chi connectivity index (χ3v) is 3.66. The molecule has 1 aliphatic heterocycles. The van der Waals surface area contributed by atoms with Gasteiger partial charge in [0.05, 0.1) is 11.6 Å². The Morgan fingerprint density at radius 3 is 2.69 bits per heavy atom. The van der Waals surface area contributed by atoms with Gasteiger partial charge in [0, 0.05) is 5.56 Å². The van der Waals surface area contributed by atoms with Crippen molar-refractivity contribution in [3.05, 3.63) is 28.0 Å². The third kappa shape index (κ3) is 2.38. The fraction of sp³-hybridized carbons (Fsp3) is 0.500. The van der Waals surface area contributed by atoms with E-state index < -0.39 is 0 Å². The number of hydrogen-bond acceptors (Lipinski definition) is 2. The zero-order chi connectivity index (χ0) is 11.5. The lowest BCUT2D eigenvalue weighted by Gasteiger charge is -2.24. The van der Waals surface area contributed by atoms with Gasteiger partial charge in [-0.05, 0) is 59.9 Å². The van der Waals surface area contributed by atoms with E-state index in [4.69, 9.17) is 4.74 Å². The number of rotatable bonds is 2. The molecule has 0 spiro atoms. The lowest BCUT2D eigenvalue weighted by molar-refractivity contribution is 0.389. The summed E-state index contributed by atoms with van der Waals surface area (Å²) in [4.78, 5) is 0. The van der Waals surface area contributed by atoms with E-state index >= 15 is 0 Å². The molecule has 88 valence electrons. The lowest BCUT2D eigenvalue weighted by atomic mass is 9.89. The predicted octanol–water partition coefficient (Wildman–Crippen LogP) is 3.06. The first-order chi connectivity index (χ1) is 7.72. The van der Waals surface area contributed by atoms with Gasteiger partial charge >= 0.3 is 0 Å². The van der Waals surface area contributed by atoms with Crippen LogP contribution in [0.25, 0.3) is 0 Å². The number of halogens is 2. The minimum absolute atomic E-state index is 0.214. The van der Waals surface area contributed by atoms with E-state index in [0.29, 0.717) is 10.4 Å². The smallest absolute Gasteiger partial charge is 0.137 e. The summed E-state index contributed by atoms with van der Waals surface area (Å²) in [6, 6.07) is 3.31. The van der Waals surface area contributed by atoms with Crippen molar-refractivity contribution in [1.29, 1.82) is 0 Å². The molecule has 0 amide bonds. The number of piperidine rings is 1. The largest absolute Gasteiger partial charge is 0.496 e. The number of hydrogen-bond donors (Lipinski definition) is 1. The summed E-state index contributed by atoms with van der Waals surface area (Å²) < 4.78 is 19.3. The van der Waals surface area contributed by atoms with Gasteiger partial charge in [-0.3, -0.25) is 0 Å². The van der Waals surface area contributed by atoms with Gasteiger partial charge in [-0.2, -0.15) is 0 Å². The molecule has 1 aromatic carbocycles. The monoisotopic (exact) mass is 287 g/mol. The van der Waals surface area contributed by atoms with Crippen molar-refractivity contribution >= 4 is 15.9 Å². The maximum atomic E-state index is 13.5. The second-order valence-electron chi connectivity index (χ2n) is 4.03. The molecule has 0 saturated carbocycles. The van der Waals surface area contributed by atoms with E-state index in [1.165, 1.54) is 0 Å². The highest BCUT2D eigenvalue weighted by Crippen LogP contribution is 2.35. The van der Waals surface area contributed by atoms with Gasteiger partial charge in [0.1, 0.15) is 11.6 Å². The fourth-order valence-corrected chi connectivity index (χ4v) is 2.50. The molecule has 0 aromatic heterocycles. The van der Waals surface area contributed by atoms with Crippen LogP contribution in [-0.4, -0.2) is 20.2 Å². The normalized spacial score (nSPS) is 17.4. The number of methoxy groups -OCH3 is 1. The number of benzene rings is 1. The summed E-state index contributed by atoms with van der Waals surface area (Å²) in [6.45, 7) is 1.98. The highest BCUT2D eigenvalue weighted by Gasteiger charge is 2.20. The van der Waals surface area contributed by atoms with E-state index in [2.05, 4.69) is 21.2 Å². The topological polar surface area (TPSA) is 21.3 Å². The SMILES string of the molecule is COc1cc(Br)c(F)cc1C1CCNCC1. The van der Waals surface area contributed by atoms with Crippen LogP contribution in [0, 0.1) is 5.82 Å². The Kier molecular flexibility index (Phi) is 3.82. The molecule has 1 heterocycles. The van der Waals surface area contributed by atoms with Gasteiger partial charge in [-0.1, -0.05) is 0 Å². The highest BCUT2D eigenvalue weighted by atomic mass is 79.9. The van der Waals surface area contributed by atoms with Gasteiger partial charge < -0.3 is 10.1 Å². The van der Waals surface area contributed by atoms with Crippen molar-refractivity contribution in [3.63, 3.8) is 0 Å². The number of nitrogens with one attached hydrogen (secondary N) is 1. The molecule has 16 heavy (non-hydrogen) atoms. The molecule has 2 nitrogen and oxygen atoms in total. The van der Waals surface area contributed by atoms with Crippen molar-refractivity contribution in [2.24, 2.45) is 0 Å². The fourth-order valence-electron chi connectivity index (χ4n) is 2.17. The Labute approximate surface area is 103 Å². The molecule has 0 atom stereocenters. The van der Waals surface area contributed by atoms with Crippen LogP contribution in [0.1, 0.15) is 24.3 Å². The average molecular weight is 288 g/mol. The molecule has 1 aromatic rings. The summed E-state index contributed by atoms with van der Waals surface area (Å²) in [5.41, 5.74) is 0.990. The second-order valence-corrected chi connectivity index (χ2v) is 4.89. The van der Waals surface area contributed by atoms with Crippen LogP contribution in [0.15, 0.2) is 16.6 Å². The van der Waals surface area contributed by atoms with Crippen LogP contribution in [0.4, 0.5) is 4.39 Å². The predicted molar refractivity (Wildman–Crippen MR) is 65.5 cm³/mol. The average Bonchev–Trinajstić information content (AvgIpc) is 2.33. The Balaban J connectivity index is 2.33. The molecule has 1 N–H and O–H groups in total. The van der Waals surface area contributed by atoms with Crippen molar-refractivity contribution < 1.29 is 9.13 Å². The minimum Gasteiger partial charge on any atom is -0.496 e. The van der Waals surface area contributed by atoms with Crippen molar-refractivity contribution in [1.82, 2.24) is 5.32 Å². The van der Waals surface area contributed by atoms with E-state index in [1.807, 2.05) is 0 Å². The molecule has 4 heteroatoms. The third-order valence-electron chi connectivity index (χ3n) is 3.05. The Morgan fingerprint density at radius 2 is 2.06 bits per heavy atom. The van der Waals surface area contributed by atoms with Gasteiger partial charge in [0.2, 0.25) is 0 Å². The van der Waals surface area contributed by atoms with Crippen molar-refractivity contribution in [3.8, 4) is 5.75 Å². The van der Waals surface area contributed by atoms with Crippen LogP contribution in [0.2, 0.25) is 0 Å². The standard InChI is InChI=1S/C12H15BrFNO/c1-16-12-7-10(13)11(14)6-9(12)8-2-4-15-5-3-8/h6-8,15H,2-5H2,1H3. The second kappa shape index (κ2) is 5.15. The van der Waals surface area contributed by atoms with Gasteiger partial charge in [-0.15, -0.1) is 0 Å². The molecular formula is C12H15BrFNO. The quantitative estimate of drug-likeness (QED) is 0.903. The van der Waals surface area contributed by atoms with Gasteiger partial charge in [-0.25, -0.2) is 4.39 Å². The zero-order valence-corrected chi connectivity index (χ0v) is 10.8. The summed E-state index contributed by atoms with van der Waals surface area (Å²) in [7, 11) is 1.63. The molecule has 1 aliphatic rings. The molecule has 0 bridgehead atoms. The Morgan fingerprint density at radius 1 is 1.38 bits per heavy atom. The summed E-state index contributed by atoms with van der Waals surface area (Å²) in [5, 5.41) is 3.30. The minimum atomic E-state index is -0.214. The van der Waals surface area contributed by atoms with Crippen LogP contribution >= 0.6 is 15.9 Å². The first-order valence-corrected chi connectivity index (χ1v) is 6.25.